The Balaban J connectivity index is 1.17. The van der Waals surface area contributed by atoms with Crippen LogP contribution in [0.5, 0.6) is 21.9 Å². The summed E-state index contributed by atoms with van der Waals surface area (Å²) in [6.45, 7) is 20.9. The molecule has 0 radical (unpaired) electrons. The lowest BCUT2D eigenvalue weighted by Crippen LogP contribution is -2.42. The second kappa shape index (κ2) is 15.9. The number of ether oxygens (including phenoxy) is 4. The molecule has 1 aliphatic carbocycles. The van der Waals surface area contributed by atoms with Crippen LogP contribution in [0.3, 0.4) is 0 Å². The molecule has 0 bridgehead atoms. The second-order valence-electron chi connectivity index (χ2n) is 15.8. The number of fused-ring (bicyclic) bond motifs is 2. The fourth-order valence-electron chi connectivity index (χ4n) is 6.10. The molecule has 5 rings (SSSR count). The van der Waals surface area contributed by atoms with Crippen molar-refractivity contribution in [3.63, 3.8) is 0 Å². The molecule has 0 aliphatic heterocycles. The summed E-state index contributed by atoms with van der Waals surface area (Å²) < 4.78 is 26.0. The first-order chi connectivity index (χ1) is 23.5. The van der Waals surface area contributed by atoms with E-state index in [9.17, 15) is 10.2 Å². The average Bonchev–Trinajstić information content (AvgIpc) is 3.62. The van der Waals surface area contributed by atoms with Crippen LogP contribution in [-0.2, 0) is 0 Å². The van der Waals surface area contributed by atoms with Crippen molar-refractivity contribution in [1.29, 1.82) is 0 Å². The van der Waals surface area contributed by atoms with Crippen molar-refractivity contribution >= 4 is 43.1 Å². The Morgan fingerprint density at radius 2 is 1.02 bits per heavy atom. The number of aliphatic hydroxyl groups excluding tert-OH is 2. The van der Waals surface area contributed by atoms with Gasteiger partial charge in [-0.3, -0.25) is 0 Å². The van der Waals surface area contributed by atoms with E-state index in [0.717, 1.165) is 57.2 Å². The topological polar surface area (TPSA) is 127 Å². The molecule has 1 fully saturated rings. The molecule has 2 heterocycles. The van der Waals surface area contributed by atoms with Crippen molar-refractivity contribution in [2.75, 3.05) is 13.1 Å². The maximum Gasteiger partial charge on any atom is 0.274 e. The van der Waals surface area contributed by atoms with Crippen molar-refractivity contribution in [3.05, 3.63) is 35.4 Å². The zero-order chi connectivity index (χ0) is 36.4. The van der Waals surface area contributed by atoms with E-state index in [1.807, 2.05) is 93.5 Å². The van der Waals surface area contributed by atoms with E-state index in [2.05, 4.69) is 10.6 Å². The quantitative estimate of drug-likeness (QED) is 0.101. The van der Waals surface area contributed by atoms with E-state index >= 15 is 0 Å². The van der Waals surface area contributed by atoms with Crippen LogP contribution in [0.25, 0.3) is 20.4 Å². The zero-order valence-electron chi connectivity index (χ0n) is 31.3. The summed E-state index contributed by atoms with van der Waals surface area (Å²) in [4.78, 5) is 9.46. The van der Waals surface area contributed by atoms with Gasteiger partial charge in [0.05, 0.1) is 33.8 Å². The first-order valence-electron chi connectivity index (χ1n) is 17.9. The van der Waals surface area contributed by atoms with Gasteiger partial charge >= 0.3 is 0 Å². The van der Waals surface area contributed by atoms with E-state index in [4.69, 9.17) is 28.9 Å². The number of hydrogen-bond acceptors (Lipinski definition) is 12. The highest BCUT2D eigenvalue weighted by atomic mass is 32.1. The van der Waals surface area contributed by atoms with Crippen molar-refractivity contribution < 1.29 is 29.2 Å². The summed E-state index contributed by atoms with van der Waals surface area (Å²) >= 11 is 2.90. The third-order valence-corrected chi connectivity index (χ3v) is 10.2. The SMILES string of the molecule is CC(C)Oc1nc2c(OC(C)(C)C)ccc(C(O)CNC3CCC(NC[C@H](O)c4ccc(OC(C)(C)C)c5nc(OC(C)C)sc45)CC3)c2s1. The van der Waals surface area contributed by atoms with Crippen LogP contribution >= 0.6 is 22.7 Å². The zero-order valence-corrected chi connectivity index (χ0v) is 32.9. The van der Waals surface area contributed by atoms with Crippen molar-refractivity contribution in [1.82, 2.24) is 20.6 Å². The predicted molar refractivity (Wildman–Crippen MR) is 203 cm³/mol. The van der Waals surface area contributed by atoms with E-state index in [1.165, 1.54) is 22.7 Å². The van der Waals surface area contributed by atoms with Gasteiger partial charge in [-0.25, -0.2) is 0 Å². The molecule has 276 valence electrons. The smallest absolute Gasteiger partial charge is 0.274 e. The number of nitrogens with one attached hydrogen (secondary N) is 2. The Morgan fingerprint density at radius 1 is 0.660 bits per heavy atom. The summed E-state index contributed by atoms with van der Waals surface area (Å²) in [5.74, 6) is 1.38. The number of aromatic nitrogens is 2. The number of rotatable bonds is 14. The molecule has 2 aromatic heterocycles. The standard InChI is InChI=1S/C38H56N4O6S2/c1-21(2)45-35-41-31-29(47-37(5,6)7)17-15-25(33(31)49-35)27(43)19-39-23-11-13-24(14-12-23)40-20-28(44)26-16-18-30(48-38(8,9)10)32-34(26)50-36(42-32)46-22(3)4/h15-18,21-24,27-28,39-40,43-44H,11-14,19-20H2,1-10H3/t23?,24?,27-,28?/m0/s1. The lowest BCUT2D eigenvalue weighted by Gasteiger charge is -2.31. The van der Waals surface area contributed by atoms with Crippen molar-refractivity contribution in [3.8, 4) is 21.9 Å². The highest BCUT2D eigenvalue weighted by molar-refractivity contribution is 7.20. The molecular formula is C38H56N4O6S2. The molecule has 50 heavy (non-hydrogen) atoms. The Kier molecular flexibility index (Phi) is 12.2. The van der Waals surface area contributed by atoms with Gasteiger partial charge in [0, 0.05) is 36.3 Å². The lowest BCUT2D eigenvalue weighted by molar-refractivity contribution is 0.132. The number of hydrogen-bond donors (Lipinski definition) is 4. The third-order valence-electron chi connectivity index (χ3n) is 8.19. The highest BCUT2D eigenvalue weighted by Crippen LogP contribution is 2.41. The molecule has 2 aromatic carbocycles. The number of benzene rings is 2. The maximum atomic E-state index is 11.3. The van der Waals surface area contributed by atoms with Crippen LogP contribution in [-0.4, -0.2) is 68.8 Å². The second-order valence-corrected chi connectivity index (χ2v) is 17.7. The molecular weight excluding hydrogens is 673 g/mol. The van der Waals surface area contributed by atoms with Crippen LogP contribution in [0.15, 0.2) is 24.3 Å². The normalized spacial score (nSPS) is 18.6. The number of nitrogens with zero attached hydrogens (tertiary/aromatic N) is 2. The number of aliphatic hydroxyl groups is 2. The Labute approximate surface area is 304 Å². The van der Waals surface area contributed by atoms with Gasteiger partial charge < -0.3 is 39.8 Å². The van der Waals surface area contributed by atoms with Crippen molar-refractivity contribution in [2.24, 2.45) is 0 Å². The Bertz CT molecular complexity index is 1590. The van der Waals surface area contributed by atoms with Gasteiger partial charge in [0.2, 0.25) is 0 Å². The maximum absolute atomic E-state index is 11.3. The summed E-state index contributed by atoms with van der Waals surface area (Å²) in [7, 11) is 0. The van der Waals surface area contributed by atoms with Crippen LogP contribution < -0.4 is 29.6 Å². The van der Waals surface area contributed by atoms with E-state index < -0.39 is 12.2 Å². The van der Waals surface area contributed by atoms with Gasteiger partial charge in [0.1, 0.15) is 33.7 Å². The Hall–Kier alpha value is -2.74. The van der Waals surface area contributed by atoms with Gasteiger partial charge in [0.25, 0.3) is 10.4 Å². The summed E-state index contributed by atoms with van der Waals surface area (Å²) in [6, 6.07) is 8.31. The molecule has 2 atom stereocenters. The summed E-state index contributed by atoms with van der Waals surface area (Å²) in [6.07, 6.45) is 2.52. The van der Waals surface area contributed by atoms with E-state index in [-0.39, 0.29) is 23.4 Å². The molecule has 10 nitrogen and oxygen atoms in total. The molecule has 1 saturated carbocycles. The first kappa shape index (κ1) is 38.5. The van der Waals surface area contributed by atoms with Gasteiger partial charge in [-0.2, -0.15) is 9.97 Å². The first-order valence-corrected chi connectivity index (χ1v) is 19.5. The van der Waals surface area contributed by atoms with Crippen LogP contribution in [0.4, 0.5) is 0 Å². The summed E-state index contributed by atoms with van der Waals surface area (Å²) in [5.41, 5.74) is 2.34. The molecule has 0 saturated heterocycles. The van der Waals surface area contributed by atoms with E-state index in [0.29, 0.717) is 47.1 Å². The lowest BCUT2D eigenvalue weighted by atomic mass is 9.90. The monoisotopic (exact) mass is 728 g/mol. The molecule has 4 N–H and O–H groups in total. The molecule has 1 unspecified atom stereocenters. The van der Waals surface area contributed by atoms with Crippen LogP contribution in [0.1, 0.15) is 118 Å². The predicted octanol–water partition coefficient (Wildman–Crippen LogP) is 8.09. The van der Waals surface area contributed by atoms with Gasteiger partial charge in [-0.15, -0.1) is 0 Å². The largest absolute Gasteiger partial charge is 0.486 e. The van der Waals surface area contributed by atoms with Gasteiger partial charge in [-0.05, 0) is 107 Å². The average molecular weight is 729 g/mol. The Morgan fingerprint density at radius 3 is 1.34 bits per heavy atom. The van der Waals surface area contributed by atoms with Crippen molar-refractivity contribution in [2.45, 2.75) is 143 Å². The molecule has 1 aliphatic rings. The fraction of sp³-hybridized carbons (Fsp3) is 0.632. The number of thiazole rings is 2. The van der Waals surface area contributed by atoms with Gasteiger partial charge in [-0.1, -0.05) is 34.8 Å². The van der Waals surface area contributed by atoms with Crippen LogP contribution in [0, 0.1) is 0 Å². The molecule has 0 amide bonds. The van der Waals surface area contributed by atoms with Gasteiger partial charge in [0.15, 0.2) is 0 Å². The minimum absolute atomic E-state index is 0.00214. The fourth-order valence-corrected chi connectivity index (χ4v) is 8.33. The van der Waals surface area contributed by atoms with Crippen LogP contribution in [0.2, 0.25) is 0 Å². The summed E-state index contributed by atoms with van der Waals surface area (Å²) in [5, 5.41) is 31.0. The molecule has 0 spiro atoms. The van der Waals surface area contributed by atoms with E-state index in [1.54, 1.807) is 0 Å². The highest BCUT2D eigenvalue weighted by Gasteiger charge is 2.27. The minimum Gasteiger partial charge on any atom is -0.486 e. The minimum atomic E-state index is -0.699. The molecule has 12 heteroatoms. The third kappa shape index (κ3) is 10.2. The molecule has 4 aromatic rings.